The number of unbranched alkanes of at least 4 members (excludes halogenated alkanes) is 5. The maximum Gasteiger partial charge on any atom is 0.297 e. The van der Waals surface area contributed by atoms with Crippen molar-refractivity contribution >= 4 is 10.9 Å². The van der Waals surface area contributed by atoms with Crippen molar-refractivity contribution in [2.24, 2.45) is 0 Å². The molecule has 0 saturated heterocycles. The second kappa shape index (κ2) is 10.0. The number of nitrogens with zero attached hydrogens (tertiary/aromatic N) is 1. The zero-order valence-corrected chi connectivity index (χ0v) is 16.9. The third-order valence-corrected chi connectivity index (χ3v) is 5.14. The number of phenolic OH excluding ortho intramolecular Hbond substituents is 1. The smallest absolute Gasteiger partial charge is 0.297 e. The van der Waals surface area contributed by atoms with Crippen LogP contribution in [-0.2, 0) is 13.2 Å². The van der Waals surface area contributed by atoms with Crippen molar-refractivity contribution in [2.75, 3.05) is 0 Å². The van der Waals surface area contributed by atoms with Gasteiger partial charge < -0.3 is 19.5 Å². The van der Waals surface area contributed by atoms with Crippen molar-refractivity contribution in [1.29, 1.82) is 0 Å². The number of benzene rings is 2. The van der Waals surface area contributed by atoms with Crippen LogP contribution in [0, 0.1) is 0 Å². The van der Waals surface area contributed by atoms with E-state index in [1.165, 1.54) is 31.4 Å². The topological polar surface area (TPSA) is 71.7 Å². The summed E-state index contributed by atoms with van der Waals surface area (Å²) >= 11 is 0. The van der Waals surface area contributed by atoms with E-state index in [4.69, 9.17) is 4.74 Å². The molecule has 1 aromatic heterocycles. The molecular weight excluding hydrogens is 366 g/mol. The maximum atomic E-state index is 13.1. The molecule has 0 saturated carbocycles. The van der Waals surface area contributed by atoms with Crippen LogP contribution in [0.15, 0.2) is 53.3 Å². The average Bonchev–Trinajstić information content (AvgIpc) is 2.73. The Morgan fingerprint density at radius 3 is 2.41 bits per heavy atom. The summed E-state index contributed by atoms with van der Waals surface area (Å²) in [6, 6.07) is 14.2. The first-order valence-electron chi connectivity index (χ1n) is 10.4. The fraction of sp³-hybridized carbons (Fsp3) is 0.375. The normalized spacial score (nSPS) is 11.1. The van der Waals surface area contributed by atoms with Crippen molar-refractivity contribution in [3.05, 3.63) is 64.4 Å². The molecule has 0 radical (unpaired) electrons. The second-order valence-electron chi connectivity index (χ2n) is 7.38. The van der Waals surface area contributed by atoms with E-state index in [9.17, 15) is 15.0 Å². The van der Waals surface area contributed by atoms with Gasteiger partial charge >= 0.3 is 0 Å². The largest absolute Gasteiger partial charge is 0.508 e. The predicted molar refractivity (Wildman–Crippen MR) is 116 cm³/mol. The number of pyridine rings is 1. The molecule has 0 bridgehead atoms. The molecule has 0 fully saturated rings. The van der Waals surface area contributed by atoms with Crippen molar-refractivity contribution in [3.8, 4) is 17.2 Å². The highest BCUT2D eigenvalue weighted by Crippen LogP contribution is 2.33. The fourth-order valence-electron chi connectivity index (χ4n) is 3.53. The lowest BCUT2D eigenvalue weighted by Gasteiger charge is -2.16. The highest BCUT2D eigenvalue weighted by atomic mass is 16.5. The molecule has 3 aromatic rings. The summed E-state index contributed by atoms with van der Waals surface area (Å²) in [5, 5.41) is 21.1. The van der Waals surface area contributed by atoms with E-state index in [0.29, 0.717) is 17.4 Å². The van der Waals surface area contributed by atoms with Gasteiger partial charge in [0.25, 0.3) is 5.56 Å². The Labute approximate surface area is 171 Å². The Morgan fingerprint density at radius 2 is 1.66 bits per heavy atom. The molecular formula is C24H29NO4. The van der Waals surface area contributed by atoms with E-state index in [1.54, 1.807) is 10.6 Å². The van der Waals surface area contributed by atoms with Crippen LogP contribution in [0.3, 0.4) is 0 Å². The van der Waals surface area contributed by atoms with Gasteiger partial charge in [0.15, 0.2) is 5.75 Å². The molecule has 0 aliphatic rings. The molecule has 2 N–H and O–H groups in total. The number of hydrogen-bond donors (Lipinski definition) is 2. The molecule has 29 heavy (non-hydrogen) atoms. The van der Waals surface area contributed by atoms with Gasteiger partial charge in [0, 0.05) is 18.0 Å². The molecule has 0 aliphatic heterocycles. The quantitative estimate of drug-likeness (QED) is 0.454. The van der Waals surface area contributed by atoms with E-state index < -0.39 is 0 Å². The Kier molecular flexibility index (Phi) is 7.17. The Bertz CT molecular complexity index is 995. The van der Waals surface area contributed by atoms with Gasteiger partial charge in [-0.05, 0) is 24.1 Å². The Morgan fingerprint density at radius 1 is 0.931 bits per heavy atom. The summed E-state index contributed by atoms with van der Waals surface area (Å²) in [7, 11) is 0. The van der Waals surface area contributed by atoms with Crippen molar-refractivity contribution in [1.82, 2.24) is 4.57 Å². The van der Waals surface area contributed by atoms with E-state index in [0.717, 1.165) is 24.8 Å². The van der Waals surface area contributed by atoms with Crippen LogP contribution in [0.2, 0.25) is 0 Å². The highest BCUT2D eigenvalue weighted by molar-refractivity contribution is 5.88. The van der Waals surface area contributed by atoms with E-state index in [-0.39, 0.29) is 29.4 Å². The van der Waals surface area contributed by atoms with E-state index >= 15 is 0 Å². The van der Waals surface area contributed by atoms with E-state index in [2.05, 4.69) is 6.92 Å². The van der Waals surface area contributed by atoms with Gasteiger partial charge in [-0.2, -0.15) is 0 Å². The number of aromatic nitrogens is 1. The Balaban J connectivity index is 1.88. The average molecular weight is 395 g/mol. The van der Waals surface area contributed by atoms with E-state index in [1.807, 2.05) is 30.3 Å². The lowest BCUT2D eigenvalue weighted by atomic mass is 10.1. The first-order valence-corrected chi connectivity index (χ1v) is 10.4. The lowest BCUT2D eigenvalue weighted by molar-refractivity contribution is 0.283. The summed E-state index contributed by atoms with van der Waals surface area (Å²) in [5.74, 6) is -0.163. The number of rotatable bonds is 10. The van der Waals surface area contributed by atoms with Gasteiger partial charge in [0.2, 0.25) is 5.75 Å². The van der Waals surface area contributed by atoms with Gasteiger partial charge in [-0.15, -0.1) is 0 Å². The molecule has 0 aliphatic carbocycles. The van der Waals surface area contributed by atoms with Gasteiger partial charge in [0.1, 0.15) is 12.4 Å². The number of fused-ring (bicyclic) bond motifs is 1. The van der Waals surface area contributed by atoms with Crippen LogP contribution in [0.1, 0.15) is 51.0 Å². The van der Waals surface area contributed by atoms with Crippen LogP contribution < -0.4 is 10.3 Å². The number of aromatic hydroxyl groups is 2. The summed E-state index contributed by atoms with van der Waals surface area (Å²) in [6.07, 6.45) is 6.66. The standard InChI is InChI=1S/C24H29NO4/c1-2-3-4-5-6-10-15-25-21-16-19(26)13-14-20(21)22(27)23(24(25)28)29-17-18-11-8-7-9-12-18/h7-9,11-14,16,26-27H,2-6,10,15,17H2,1H3. The molecule has 5 heteroatoms. The van der Waals surface area contributed by atoms with Crippen LogP contribution >= 0.6 is 0 Å². The lowest BCUT2D eigenvalue weighted by Crippen LogP contribution is -2.23. The van der Waals surface area contributed by atoms with Crippen LogP contribution in [0.4, 0.5) is 0 Å². The first kappa shape index (κ1) is 20.8. The molecule has 154 valence electrons. The van der Waals surface area contributed by atoms with Gasteiger partial charge in [-0.1, -0.05) is 69.4 Å². The zero-order valence-electron chi connectivity index (χ0n) is 16.9. The van der Waals surface area contributed by atoms with Gasteiger partial charge in [-0.25, -0.2) is 0 Å². The van der Waals surface area contributed by atoms with Crippen LogP contribution in [0.5, 0.6) is 17.2 Å². The van der Waals surface area contributed by atoms with Crippen LogP contribution in [0.25, 0.3) is 10.9 Å². The SMILES string of the molecule is CCCCCCCCn1c(=O)c(OCc2ccccc2)c(O)c2ccc(O)cc21. The molecule has 0 amide bonds. The van der Waals surface area contributed by atoms with Crippen molar-refractivity contribution in [2.45, 2.75) is 58.6 Å². The molecule has 0 atom stereocenters. The molecule has 3 rings (SSSR count). The van der Waals surface area contributed by atoms with Gasteiger partial charge in [-0.3, -0.25) is 4.79 Å². The third kappa shape index (κ3) is 5.11. The maximum absolute atomic E-state index is 13.1. The fourth-order valence-corrected chi connectivity index (χ4v) is 3.53. The molecule has 1 heterocycles. The predicted octanol–water partition coefficient (Wildman–Crippen LogP) is 5.35. The summed E-state index contributed by atoms with van der Waals surface area (Å²) in [4.78, 5) is 13.1. The summed E-state index contributed by atoms with van der Waals surface area (Å²) < 4.78 is 7.35. The van der Waals surface area contributed by atoms with Crippen molar-refractivity contribution < 1.29 is 14.9 Å². The highest BCUT2D eigenvalue weighted by Gasteiger charge is 2.18. The minimum Gasteiger partial charge on any atom is -0.508 e. The monoisotopic (exact) mass is 395 g/mol. The zero-order chi connectivity index (χ0) is 20.6. The molecule has 0 unspecified atom stereocenters. The first-order chi connectivity index (χ1) is 14.1. The van der Waals surface area contributed by atoms with Gasteiger partial charge in [0.05, 0.1) is 5.52 Å². The minimum atomic E-state index is -0.370. The minimum absolute atomic E-state index is 0.0435. The van der Waals surface area contributed by atoms with Crippen LogP contribution in [-0.4, -0.2) is 14.8 Å². The molecule has 5 nitrogen and oxygen atoms in total. The number of aryl methyl sites for hydroxylation is 1. The number of phenols is 1. The second-order valence-corrected chi connectivity index (χ2v) is 7.38. The Hall–Kier alpha value is -2.95. The number of ether oxygens (including phenoxy) is 1. The molecule has 0 spiro atoms. The summed E-state index contributed by atoms with van der Waals surface area (Å²) in [6.45, 7) is 2.91. The summed E-state index contributed by atoms with van der Waals surface area (Å²) in [5.41, 5.74) is 1.07. The molecule has 2 aromatic carbocycles. The van der Waals surface area contributed by atoms with Crippen molar-refractivity contribution in [3.63, 3.8) is 0 Å². The number of hydrogen-bond acceptors (Lipinski definition) is 4. The third-order valence-electron chi connectivity index (χ3n) is 5.14.